The van der Waals surface area contributed by atoms with Gasteiger partial charge in [0, 0.05) is 18.2 Å². The van der Waals surface area contributed by atoms with Crippen LogP contribution >= 0.6 is 31.9 Å². The van der Waals surface area contributed by atoms with E-state index < -0.39 is 0 Å². The van der Waals surface area contributed by atoms with Crippen LogP contribution in [-0.2, 0) is 11.2 Å². The van der Waals surface area contributed by atoms with E-state index in [9.17, 15) is 9.18 Å². The lowest BCUT2D eigenvalue weighted by atomic mass is 10.1. The van der Waals surface area contributed by atoms with Crippen molar-refractivity contribution in [1.82, 2.24) is 0 Å². The van der Waals surface area contributed by atoms with Gasteiger partial charge in [-0.1, -0.05) is 28.1 Å². The Bertz CT molecular complexity index is 366. The van der Waals surface area contributed by atoms with Crippen molar-refractivity contribution < 1.29 is 9.18 Å². The van der Waals surface area contributed by atoms with Gasteiger partial charge in [0.15, 0.2) is 0 Å². The molecular formula is C12H13Br2FO. The summed E-state index contributed by atoms with van der Waals surface area (Å²) in [4.78, 5) is 11.4. The summed E-state index contributed by atoms with van der Waals surface area (Å²) in [5.41, 5.74) is 0.854. The van der Waals surface area contributed by atoms with Gasteiger partial charge >= 0.3 is 0 Å². The highest BCUT2D eigenvalue weighted by Gasteiger charge is 2.07. The summed E-state index contributed by atoms with van der Waals surface area (Å²) in [5.74, 6) is -0.0407. The SMILES string of the molecule is O=C(CCCBr)CCc1cccc(F)c1Br. The van der Waals surface area contributed by atoms with E-state index in [-0.39, 0.29) is 11.6 Å². The van der Waals surface area contributed by atoms with Crippen molar-refractivity contribution in [3.8, 4) is 0 Å². The van der Waals surface area contributed by atoms with Crippen molar-refractivity contribution in [2.45, 2.75) is 25.7 Å². The predicted molar refractivity (Wildman–Crippen MR) is 70.5 cm³/mol. The zero-order chi connectivity index (χ0) is 12.0. The molecule has 16 heavy (non-hydrogen) atoms. The maximum Gasteiger partial charge on any atom is 0.137 e. The Hall–Kier alpha value is -0.220. The first-order chi connectivity index (χ1) is 7.65. The number of alkyl halides is 1. The van der Waals surface area contributed by atoms with Gasteiger partial charge in [-0.15, -0.1) is 0 Å². The lowest BCUT2D eigenvalue weighted by molar-refractivity contribution is -0.119. The van der Waals surface area contributed by atoms with E-state index in [1.807, 2.05) is 6.07 Å². The molecule has 0 radical (unpaired) electrons. The average molecular weight is 352 g/mol. The molecule has 0 aliphatic heterocycles. The summed E-state index contributed by atoms with van der Waals surface area (Å²) in [6, 6.07) is 4.91. The van der Waals surface area contributed by atoms with Gasteiger partial charge in [0.25, 0.3) is 0 Å². The van der Waals surface area contributed by atoms with Gasteiger partial charge in [-0.3, -0.25) is 4.79 Å². The smallest absolute Gasteiger partial charge is 0.137 e. The number of rotatable bonds is 6. The van der Waals surface area contributed by atoms with Crippen molar-refractivity contribution in [3.05, 3.63) is 34.1 Å². The summed E-state index contributed by atoms with van der Waals surface area (Å²) < 4.78 is 13.6. The summed E-state index contributed by atoms with van der Waals surface area (Å²) in [6.07, 6.45) is 2.54. The minimum atomic E-state index is -0.273. The molecule has 0 amide bonds. The van der Waals surface area contributed by atoms with Crippen LogP contribution in [0.5, 0.6) is 0 Å². The van der Waals surface area contributed by atoms with Crippen molar-refractivity contribution >= 4 is 37.6 Å². The molecule has 0 aliphatic carbocycles. The Morgan fingerprint density at radius 2 is 2.06 bits per heavy atom. The quantitative estimate of drug-likeness (QED) is 0.699. The Kier molecular flexibility index (Phi) is 6.21. The molecule has 0 saturated heterocycles. The minimum Gasteiger partial charge on any atom is -0.300 e. The fourth-order valence-electron chi connectivity index (χ4n) is 1.40. The van der Waals surface area contributed by atoms with Crippen LogP contribution < -0.4 is 0 Å². The van der Waals surface area contributed by atoms with E-state index in [1.54, 1.807) is 6.07 Å². The first-order valence-corrected chi connectivity index (χ1v) is 7.07. The number of aryl methyl sites for hydroxylation is 1. The molecule has 0 aliphatic rings. The lowest BCUT2D eigenvalue weighted by Crippen LogP contribution is -2.01. The van der Waals surface area contributed by atoms with E-state index in [0.29, 0.717) is 23.7 Å². The third-order valence-electron chi connectivity index (χ3n) is 2.29. The molecule has 0 spiro atoms. The van der Waals surface area contributed by atoms with Crippen LogP contribution in [0.1, 0.15) is 24.8 Å². The van der Waals surface area contributed by atoms with Gasteiger partial charge in [0.2, 0.25) is 0 Å². The minimum absolute atomic E-state index is 0.232. The summed E-state index contributed by atoms with van der Waals surface area (Å²) in [7, 11) is 0. The maximum absolute atomic E-state index is 13.2. The molecule has 0 heterocycles. The number of hydrogen-bond donors (Lipinski definition) is 0. The molecule has 0 bridgehead atoms. The monoisotopic (exact) mass is 350 g/mol. The largest absolute Gasteiger partial charge is 0.300 e. The van der Waals surface area contributed by atoms with Crippen LogP contribution in [0.25, 0.3) is 0 Å². The van der Waals surface area contributed by atoms with Crippen LogP contribution in [0, 0.1) is 5.82 Å². The highest BCUT2D eigenvalue weighted by molar-refractivity contribution is 9.10. The second-order valence-corrected chi connectivity index (χ2v) is 5.13. The molecular weight excluding hydrogens is 339 g/mol. The summed E-state index contributed by atoms with van der Waals surface area (Å²) in [5, 5.41) is 0.850. The third kappa shape index (κ3) is 4.34. The lowest BCUT2D eigenvalue weighted by Gasteiger charge is -2.04. The molecule has 0 atom stereocenters. The molecule has 0 saturated carbocycles. The topological polar surface area (TPSA) is 17.1 Å². The van der Waals surface area contributed by atoms with Crippen molar-refractivity contribution in [3.63, 3.8) is 0 Å². The number of hydrogen-bond acceptors (Lipinski definition) is 1. The standard InChI is InChI=1S/C12H13Br2FO/c13-8-2-4-10(16)7-6-9-3-1-5-11(15)12(9)14/h1,3,5H,2,4,6-8H2. The Morgan fingerprint density at radius 1 is 1.31 bits per heavy atom. The average Bonchev–Trinajstić information content (AvgIpc) is 2.28. The molecule has 0 unspecified atom stereocenters. The van der Waals surface area contributed by atoms with E-state index in [1.165, 1.54) is 6.07 Å². The fourth-order valence-corrected chi connectivity index (χ4v) is 2.15. The van der Waals surface area contributed by atoms with Crippen molar-refractivity contribution in [2.75, 3.05) is 5.33 Å². The number of halogens is 3. The summed E-state index contributed by atoms with van der Waals surface area (Å²) >= 11 is 6.47. The van der Waals surface area contributed by atoms with Gasteiger partial charge in [0.05, 0.1) is 4.47 Å². The highest BCUT2D eigenvalue weighted by atomic mass is 79.9. The zero-order valence-electron chi connectivity index (χ0n) is 8.81. The molecule has 1 rings (SSSR count). The van der Waals surface area contributed by atoms with E-state index in [2.05, 4.69) is 31.9 Å². The molecule has 0 N–H and O–H groups in total. The molecule has 0 aromatic heterocycles. The highest BCUT2D eigenvalue weighted by Crippen LogP contribution is 2.21. The van der Waals surface area contributed by atoms with Gasteiger partial charge < -0.3 is 0 Å². The first kappa shape index (κ1) is 13.8. The van der Waals surface area contributed by atoms with E-state index in [0.717, 1.165) is 17.3 Å². The van der Waals surface area contributed by atoms with E-state index >= 15 is 0 Å². The fraction of sp³-hybridized carbons (Fsp3) is 0.417. The maximum atomic E-state index is 13.2. The Labute approximate surface area is 112 Å². The number of carbonyl (C=O) groups excluding carboxylic acids is 1. The molecule has 88 valence electrons. The van der Waals surface area contributed by atoms with Gasteiger partial charge in [0.1, 0.15) is 11.6 Å². The molecule has 4 heteroatoms. The second-order valence-electron chi connectivity index (χ2n) is 3.54. The molecule has 1 aromatic rings. The van der Waals surface area contributed by atoms with Crippen LogP contribution in [0.3, 0.4) is 0 Å². The Balaban J connectivity index is 2.48. The normalized spacial score (nSPS) is 10.4. The van der Waals surface area contributed by atoms with Crippen LogP contribution in [0.15, 0.2) is 22.7 Å². The van der Waals surface area contributed by atoms with Gasteiger partial charge in [-0.05, 0) is 40.4 Å². The predicted octanol–water partition coefficient (Wildman–Crippen LogP) is 4.27. The number of benzene rings is 1. The second kappa shape index (κ2) is 7.17. The van der Waals surface area contributed by atoms with Crippen LogP contribution in [-0.4, -0.2) is 11.1 Å². The van der Waals surface area contributed by atoms with E-state index in [4.69, 9.17) is 0 Å². The van der Waals surface area contributed by atoms with Crippen molar-refractivity contribution in [2.24, 2.45) is 0 Å². The van der Waals surface area contributed by atoms with Gasteiger partial charge in [-0.2, -0.15) is 0 Å². The molecule has 1 aromatic carbocycles. The summed E-state index contributed by atoms with van der Waals surface area (Å²) in [6.45, 7) is 0. The number of carbonyl (C=O) groups is 1. The Morgan fingerprint density at radius 3 is 2.75 bits per heavy atom. The number of ketones is 1. The number of Topliss-reactive ketones (excluding diaryl/α,β-unsaturated/α-hetero) is 1. The third-order valence-corrected chi connectivity index (χ3v) is 3.74. The van der Waals surface area contributed by atoms with Crippen molar-refractivity contribution in [1.29, 1.82) is 0 Å². The molecule has 0 fully saturated rings. The van der Waals surface area contributed by atoms with Crippen LogP contribution in [0.2, 0.25) is 0 Å². The molecule has 1 nitrogen and oxygen atoms in total. The van der Waals surface area contributed by atoms with Gasteiger partial charge in [-0.25, -0.2) is 4.39 Å². The zero-order valence-corrected chi connectivity index (χ0v) is 12.0. The van der Waals surface area contributed by atoms with Crippen LogP contribution in [0.4, 0.5) is 4.39 Å². The first-order valence-electron chi connectivity index (χ1n) is 5.15.